The van der Waals surface area contributed by atoms with Crippen LogP contribution in [0.2, 0.25) is 0 Å². The van der Waals surface area contributed by atoms with Gasteiger partial charge in [-0.1, -0.05) is 52.3 Å². The lowest BCUT2D eigenvalue weighted by atomic mass is 9.79. The summed E-state index contributed by atoms with van der Waals surface area (Å²) in [4.78, 5) is 0. The molecule has 24 heavy (non-hydrogen) atoms. The average molecular weight is 387 g/mol. The van der Waals surface area contributed by atoms with Crippen LogP contribution in [-0.4, -0.2) is 11.2 Å². The summed E-state index contributed by atoms with van der Waals surface area (Å²) in [6.45, 7) is 2.22. The highest BCUT2D eigenvalue weighted by molar-refractivity contribution is 9.10. The predicted octanol–water partition coefficient (Wildman–Crippen LogP) is 6.22. The van der Waals surface area contributed by atoms with Crippen LogP contribution in [0.25, 0.3) is 0 Å². The van der Waals surface area contributed by atoms with E-state index in [4.69, 9.17) is 0 Å². The van der Waals surface area contributed by atoms with Crippen molar-refractivity contribution >= 4 is 15.9 Å². The Morgan fingerprint density at radius 1 is 1.00 bits per heavy atom. The highest BCUT2D eigenvalue weighted by Crippen LogP contribution is 2.36. The molecular weight excluding hydrogens is 360 g/mol. The van der Waals surface area contributed by atoms with Gasteiger partial charge in [0.15, 0.2) is 0 Å². The molecule has 3 rings (SSSR count). The topological polar surface area (TPSA) is 20.2 Å². The molecular formula is C22H27BrO. The van der Waals surface area contributed by atoms with E-state index in [1.807, 2.05) is 0 Å². The quantitative estimate of drug-likeness (QED) is 0.646. The second kappa shape index (κ2) is 8.31. The van der Waals surface area contributed by atoms with Gasteiger partial charge >= 0.3 is 0 Å². The Morgan fingerprint density at radius 3 is 2.33 bits per heavy atom. The standard InChI is InChI=1S/C22H27BrO/c1-16-4-2-3-5-21(16)22(18-9-11-19(23)12-10-18)15-8-17-6-13-20(24)14-7-17/h2-5,9-12,17,20,22,24H,6-8,13-15H2,1H3/t17-,20-,22?. The Hall–Kier alpha value is -1.12. The van der Waals surface area contributed by atoms with Crippen molar-refractivity contribution in [2.45, 2.75) is 57.5 Å². The molecule has 1 aliphatic rings. The number of benzene rings is 2. The molecule has 2 aromatic carbocycles. The van der Waals surface area contributed by atoms with Gasteiger partial charge in [0.25, 0.3) is 0 Å². The van der Waals surface area contributed by atoms with Crippen LogP contribution >= 0.6 is 15.9 Å². The molecule has 1 atom stereocenters. The van der Waals surface area contributed by atoms with E-state index < -0.39 is 0 Å². The van der Waals surface area contributed by atoms with Gasteiger partial charge in [-0.3, -0.25) is 0 Å². The van der Waals surface area contributed by atoms with Gasteiger partial charge in [-0.25, -0.2) is 0 Å². The molecule has 1 saturated carbocycles. The summed E-state index contributed by atoms with van der Waals surface area (Å²) < 4.78 is 1.14. The molecule has 0 bridgehead atoms. The predicted molar refractivity (Wildman–Crippen MR) is 104 cm³/mol. The van der Waals surface area contributed by atoms with E-state index >= 15 is 0 Å². The lowest BCUT2D eigenvalue weighted by Crippen LogP contribution is -2.18. The zero-order valence-corrected chi connectivity index (χ0v) is 16.0. The van der Waals surface area contributed by atoms with Crippen molar-refractivity contribution < 1.29 is 5.11 Å². The molecule has 2 heteroatoms. The molecule has 0 saturated heterocycles. The van der Waals surface area contributed by atoms with E-state index in [0.717, 1.165) is 23.2 Å². The van der Waals surface area contributed by atoms with Gasteiger partial charge in [0.2, 0.25) is 0 Å². The second-order valence-corrected chi connectivity index (χ2v) is 8.13. The van der Waals surface area contributed by atoms with Gasteiger partial charge < -0.3 is 5.11 Å². The maximum Gasteiger partial charge on any atom is 0.0540 e. The molecule has 1 aliphatic carbocycles. The third-order valence-electron chi connectivity index (χ3n) is 5.52. The van der Waals surface area contributed by atoms with Crippen LogP contribution in [-0.2, 0) is 0 Å². The van der Waals surface area contributed by atoms with E-state index in [9.17, 15) is 5.11 Å². The average Bonchev–Trinajstić information content (AvgIpc) is 2.59. The highest BCUT2D eigenvalue weighted by Gasteiger charge is 2.22. The van der Waals surface area contributed by atoms with Gasteiger partial charge in [0.05, 0.1) is 6.10 Å². The fraction of sp³-hybridized carbons (Fsp3) is 0.455. The van der Waals surface area contributed by atoms with Crippen molar-refractivity contribution in [2.75, 3.05) is 0 Å². The lowest BCUT2D eigenvalue weighted by molar-refractivity contribution is 0.105. The Morgan fingerprint density at radius 2 is 1.67 bits per heavy atom. The van der Waals surface area contributed by atoms with Crippen molar-refractivity contribution in [2.24, 2.45) is 5.92 Å². The SMILES string of the molecule is Cc1ccccc1C(CC[C@H]1CC[C@H](O)CC1)c1ccc(Br)cc1. The normalized spacial score (nSPS) is 22.3. The summed E-state index contributed by atoms with van der Waals surface area (Å²) in [5.74, 6) is 1.24. The molecule has 0 aliphatic heterocycles. The van der Waals surface area contributed by atoms with Crippen LogP contribution in [0, 0.1) is 12.8 Å². The molecule has 0 aromatic heterocycles. The van der Waals surface area contributed by atoms with Crippen LogP contribution < -0.4 is 0 Å². The largest absolute Gasteiger partial charge is 0.393 e. The summed E-state index contributed by atoms with van der Waals surface area (Å²) in [6, 6.07) is 17.6. The summed E-state index contributed by atoms with van der Waals surface area (Å²) in [6.07, 6.45) is 6.72. The van der Waals surface area contributed by atoms with Gasteiger partial charge in [-0.15, -0.1) is 0 Å². The van der Waals surface area contributed by atoms with E-state index in [1.165, 1.54) is 42.4 Å². The Kier molecular flexibility index (Phi) is 6.13. The van der Waals surface area contributed by atoms with Gasteiger partial charge in [0, 0.05) is 10.4 Å². The molecule has 0 heterocycles. The smallest absolute Gasteiger partial charge is 0.0540 e. The summed E-state index contributed by atoms with van der Waals surface area (Å²) >= 11 is 3.55. The van der Waals surface area contributed by atoms with Crippen LogP contribution in [0.5, 0.6) is 0 Å². The minimum absolute atomic E-state index is 0.0557. The maximum atomic E-state index is 9.72. The van der Waals surface area contributed by atoms with Crippen molar-refractivity contribution in [3.63, 3.8) is 0 Å². The van der Waals surface area contributed by atoms with E-state index in [0.29, 0.717) is 5.92 Å². The first-order valence-electron chi connectivity index (χ1n) is 9.12. The molecule has 128 valence electrons. The molecule has 0 radical (unpaired) electrons. The first-order chi connectivity index (χ1) is 11.6. The molecule has 1 fully saturated rings. The second-order valence-electron chi connectivity index (χ2n) is 7.21. The first kappa shape index (κ1) is 17.7. The third-order valence-corrected chi connectivity index (χ3v) is 6.04. The van der Waals surface area contributed by atoms with Crippen molar-refractivity contribution in [1.82, 2.24) is 0 Å². The van der Waals surface area contributed by atoms with Crippen LogP contribution in [0.4, 0.5) is 0 Å². The van der Waals surface area contributed by atoms with Gasteiger partial charge in [-0.2, -0.15) is 0 Å². The van der Waals surface area contributed by atoms with E-state index in [2.05, 4.69) is 71.4 Å². The molecule has 0 spiro atoms. The molecule has 0 amide bonds. The first-order valence-corrected chi connectivity index (χ1v) is 9.92. The van der Waals surface area contributed by atoms with Crippen LogP contribution in [0.15, 0.2) is 53.0 Å². The number of rotatable bonds is 5. The molecule has 1 unspecified atom stereocenters. The van der Waals surface area contributed by atoms with Gasteiger partial charge in [-0.05, 0) is 80.2 Å². The van der Waals surface area contributed by atoms with Crippen molar-refractivity contribution in [3.8, 4) is 0 Å². The summed E-state index contributed by atoms with van der Waals surface area (Å²) in [5, 5.41) is 9.72. The lowest BCUT2D eigenvalue weighted by Gasteiger charge is -2.28. The van der Waals surface area contributed by atoms with Gasteiger partial charge in [0.1, 0.15) is 0 Å². The number of halogens is 1. The Bertz CT molecular complexity index is 641. The fourth-order valence-corrected chi connectivity index (χ4v) is 4.27. The number of hydrogen-bond acceptors (Lipinski definition) is 1. The zero-order valence-electron chi connectivity index (χ0n) is 14.4. The molecule has 1 N–H and O–H groups in total. The highest BCUT2D eigenvalue weighted by atomic mass is 79.9. The maximum absolute atomic E-state index is 9.72. The zero-order chi connectivity index (χ0) is 16.9. The van der Waals surface area contributed by atoms with E-state index in [-0.39, 0.29) is 6.10 Å². The number of aliphatic hydroxyl groups excluding tert-OH is 1. The number of aliphatic hydroxyl groups is 1. The van der Waals surface area contributed by atoms with E-state index in [1.54, 1.807) is 0 Å². The minimum atomic E-state index is -0.0557. The minimum Gasteiger partial charge on any atom is -0.393 e. The molecule has 2 aromatic rings. The number of aryl methyl sites for hydroxylation is 1. The summed E-state index contributed by atoms with van der Waals surface area (Å²) in [5.41, 5.74) is 4.24. The Labute approximate surface area is 154 Å². The molecule has 1 nitrogen and oxygen atoms in total. The van der Waals surface area contributed by atoms with Crippen molar-refractivity contribution in [3.05, 3.63) is 69.7 Å². The van der Waals surface area contributed by atoms with Crippen LogP contribution in [0.3, 0.4) is 0 Å². The Balaban J connectivity index is 1.77. The summed E-state index contributed by atoms with van der Waals surface area (Å²) in [7, 11) is 0. The monoisotopic (exact) mass is 386 g/mol. The van der Waals surface area contributed by atoms with Crippen molar-refractivity contribution in [1.29, 1.82) is 0 Å². The third kappa shape index (κ3) is 4.49. The number of hydrogen-bond donors (Lipinski definition) is 1. The fourth-order valence-electron chi connectivity index (χ4n) is 4.01. The van der Waals surface area contributed by atoms with Crippen LogP contribution in [0.1, 0.15) is 61.1 Å².